The van der Waals surface area contributed by atoms with Crippen molar-refractivity contribution >= 4 is 23.4 Å². The average molecular weight is 236 g/mol. The highest BCUT2D eigenvalue weighted by Gasteiger charge is 2.14. The minimum absolute atomic E-state index is 0.0389. The molecule has 4 heteroatoms. The van der Waals surface area contributed by atoms with E-state index in [1.165, 1.54) is 17.9 Å². The van der Waals surface area contributed by atoms with Crippen LogP contribution in [0.25, 0.3) is 0 Å². The van der Waals surface area contributed by atoms with Crippen molar-refractivity contribution in [2.24, 2.45) is 0 Å². The van der Waals surface area contributed by atoms with E-state index >= 15 is 0 Å². The van der Waals surface area contributed by atoms with Crippen molar-refractivity contribution < 1.29 is 4.79 Å². The third kappa shape index (κ3) is 2.70. The van der Waals surface area contributed by atoms with Gasteiger partial charge in [0.25, 0.3) is 5.91 Å². The van der Waals surface area contributed by atoms with E-state index in [0.29, 0.717) is 11.6 Å². The molecule has 0 radical (unpaired) electrons. The molecule has 1 fully saturated rings. The van der Waals surface area contributed by atoms with Crippen LogP contribution in [0, 0.1) is 0 Å². The summed E-state index contributed by atoms with van der Waals surface area (Å²) in [6.45, 7) is 0. The summed E-state index contributed by atoms with van der Waals surface area (Å²) in [5, 5.41) is 6.08. The lowest BCUT2D eigenvalue weighted by Gasteiger charge is -2.12. The maximum absolute atomic E-state index is 11.3. The standard InChI is InChI=1S/C12H16N2OS/c1-13-12(15)9-2-4-10(5-3-9)14-11-6-7-16-8-11/h2-5,11,14H,6-8H2,1H3,(H,13,15). The fraction of sp³-hybridized carbons (Fsp3) is 0.417. The number of nitrogens with one attached hydrogen (secondary N) is 2. The fourth-order valence-electron chi connectivity index (χ4n) is 1.75. The summed E-state index contributed by atoms with van der Waals surface area (Å²) < 4.78 is 0. The lowest BCUT2D eigenvalue weighted by molar-refractivity contribution is 0.0963. The second kappa shape index (κ2) is 5.25. The number of hydrogen-bond donors (Lipinski definition) is 2. The minimum atomic E-state index is -0.0389. The number of carbonyl (C=O) groups excluding carboxylic acids is 1. The van der Waals surface area contributed by atoms with E-state index in [2.05, 4.69) is 10.6 Å². The van der Waals surface area contributed by atoms with E-state index in [-0.39, 0.29) is 5.91 Å². The van der Waals surface area contributed by atoms with Gasteiger partial charge < -0.3 is 10.6 Å². The number of carbonyl (C=O) groups is 1. The minimum Gasteiger partial charge on any atom is -0.381 e. The fourth-order valence-corrected chi connectivity index (χ4v) is 2.90. The first-order valence-electron chi connectivity index (χ1n) is 5.46. The summed E-state index contributed by atoms with van der Waals surface area (Å²) in [6.07, 6.45) is 1.22. The van der Waals surface area contributed by atoms with Crippen molar-refractivity contribution in [2.75, 3.05) is 23.9 Å². The van der Waals surface area contributed by atoms with Gasteiger partial charge in [0.1, 0.15) is 0 Å². The highest BCUT2D eigenvalue weighted by molar-refractivity contribution is 7.99. The highest BCUT2D eigenvalue weighted by Crippen LogP contribution is 2.21. The molecule has 0 saturated carbocycles. The predicted molar refractivity (Wildman–Crippen MR) is 69.2 cm³/mol. The Morgan fingerprint density at radius 1 is 1.38 bits per heavy atom. The van der Waals surface area contributed by atoms with Crippen LogP contribution in [-0.4, -0.2) is 30.5 Å². The molecule has 0 spiro atoms. The van der Waals surface area contributed by atoms with Crippen molar-refractivity contribution in [3.8, 4) is 0 Å². The van der Waals surface area contributed by atoms with Gasteiger partial charge in [-0.05, 0) is 36.4 Å². The largest absolute Gasteiger partial charge is 0.381 e. The van der Waals surface area contributed by atoms with Crippen LogP contribution in [0.2, 0.25) is 0 Å². The van der Waals surface area contributed by atoms with Gasteiger partial charge in [-0.15, -0.1) is 0 Å². The number of anilines is 1. The van der Waals surface area contributed by atoms with Gasteiger partial charge in [0.2, 0.25) is 0 Å². The van der Waals surface area contributed by atoms with E-state index in [4.69, 9.17) is 0 Å². The summed E-state index contributed by atoms with van der Waals surface area (Å²) in [5.74, 6) is 2.38. The van der Waals surface area contributed by atoms with E-state index in [1.807, 2.05) is 36.0 Å². The molecular weight excluding hydrogens is 220 g/mol. The molecular formula is C12H16N2OS. The monoisotopic (exact) mass is 236 g/mol. The first-order valence-corrected chi connectivity index (χ1v) is 6.61. The van der Waals surface area contributed by atoms with Crippen LogP contribution in [0.15, 0.2) is 24.3 Å². The molecule has 86 valence electrons. The van der Waals surface area contributed by atoms with Gasteiger partial charge in [0.15, 0.2) is 0 Å². The number of benzene rings is 1. The first kappa shape index (κ1) is 11.3. The van der Waals surface area contributed by atoms with Crippen LogP contribution in [-0.2, 0) is 0 Å². The van der Waals surface area contributed by atoms with Gasteiger partial charge in [-0.3, -0.25) is 4.79 Å². The summed E-state index contributed by atoms with van der Waals surface area (Å²) in [7, 11) is 1.64. The molecule has 1 aromatic carbocycles. The number of thioether (sulfide) groups is 1. The quantitative estimate of drug-likeness (QED) is 0.843. The van der Waals surface area contributed by atoms with Crippen molar-refractivity contribution in [3.63, 3.8) is 0 Å². The van der Waals surface area contributed by atoms with E-state index in [1.54, 1.807) is 7.05 Å². The molecule has 1 saturated heterocycles. The van der Waals surface area contributed by atoms with Crippen molar-refractivity contribution in [1.29, 1.82) is 0 Å². The molecule has 1 heterocycles. The topological polar surface area (TPSA) is 41.1 Å². The lowest BCUT2D eigenvalue weighted by Crippen LogP contribution is -2.19. The molecule has 1 atom stereocenters. The van der Waals surface area contributed by atoms with E-state index in [0.717, 1.165) is 5.69 Å². The van der Waals surface area contributed by atoms with Gasteiger partial charge in [-0.1, -0.05) is 0 Å². The molecule has 0 aliphatic carbocycles. The lowest BCUT2D eigenvalue weighted by atomic mass is 10.1. The molecule has 1 aliphatic rings. The van der Waals surface area contributed by atoms with E-state index < -0.39 is 0 Å². The molecule has 1 unspecified atom stereocenters. The van der Waals surface area contributed by atoms with Gasteiger partial charge >= 0.3 is 0 Å². The Bertz CT molecular complexity index is 358. The van der Waals surface area contributed by atoms with Crippen molar-refractivity contribution in [1.82, 2.24) is 5.32 Å². The number of hydrogen-bond acceptors (Lipinski definition) is 3. The summed E-state index contributed by atoms with van der Waals surface area (Å²) in [6, 6.07) is 8.21. The maximum Gasteiger partial charge on any atom is 0.251 e. The van der Waals surface area contributed by atoms with Crippen LogP contribution >= 0.6 is 11.8 Å². The smallest absolute Gasteiger partial charge is 0.251 e. The maximum atomic E-state index is 11.3. The van der Waals surface area contributed by atoms with Crippen LogP contribution in [0.3, 0.4) is 0 Å². The normalized spacial score (nSPS) is 19.4. The van der Waals surface area contributed by atoms with E-state index in [9.17, 15) is 4.79 Å². The van der Waals surface area contributed by atoms with Crippen LogP contribution in [0.1, 0.15) is 16.8 Å². The Morgan fingerprint density at radius 3 is 2.69 bits per heavy atom. The Hall–Kier alpha value is -1.16. The molecule has 1 amide bonds. The Morgan fingerprint density at radius 2 is 2.12 bits per heavy atom. The molecule has 2 N–H and O–H groups in total. The summed E-state index contributed by atoms with van der Waals surface area (Å²) in [5.41, 5.74) is 1.80. The van der Waals surface area contributed by atoms with Crippen LogP contribution in [0.5, 0.6) is 0 Å². The molecule has 16 heavy (non-hydrogen) atoms. The average Bonchev–Trinajstić information content (AvgIpc) is 2.82. The predicted octanol–water partition coefficient (Wildman–Crippen LogP) is 1.96. The van der Waals surface area contributed by atoms with Crippen LogP contribution in [0.4, 0.5) is 5.69 Å². The molecule has 0 aromatic heterocycles. The number of rotatable bonds is 3. The zero-order valence-corrected chi connectivity index (χ0v) is 10.1. The first-order chi connectivity index (χ1) is 7.79. The van der Waals surface area contributed by atoms with Gasteiger partial charge in [-0.2, -0.15) is 11.8 Å². The second-order valence-corrected chi connectivity index (χ2v) is 5.01. The molecule has 2 rings (SSSR count). The second-order valence-electron chi connectivity index (χ2n) is 3.86. The highest BCUT2D eigenvalue weighted by atomic mass is 32.2. The summed E-state index contributed by atoms with van der Waals surface area (Å²) in [4.78, 5) is 11.3. The Labute approximate surface area is 100.0 Å². The molecule has 0 bridgehead atoms. The van der Waals surface area contributed by atoms with Gasteiger partial charge in [0, 0.05) is 30.1 Å². The third-order valence-corrected chi connectivity index (χ3v) is 3.84. The summed E-state index contributed by atoms with van der Waals surface area (Å²) >= 11 is 1.99. The Kier molecular flexibility index (Phi) is 3.72. The molecule has 3 nitrogen and oxygen atoms in total. The Balaban J connectivity index is 1.98. The zero-order valence-electron chi connectivity index (χ0n) is 9.32. The van der Waals surface area contributed by atoms with Crippen molar-refractivity contribution in [2.45, 2.75) is 12.5 Å². The molecule has 1 aromatic rings. The van der Waals surface area contributed by atoms with Crippen molar-refractivity contribution in [3.05, 3.63) is 29.8 Å². The van der Waals surface area contributed by atoms with Crippen LogP contribution < -0.4 is 10.6 Å². The number of amides is 1. The molecule has 1 aliphatic heterocycles. The third-order valence-electron chi connectivity index (χ3n) is 2.67. The van der Waals surface area contributed by atoms with Gasteiger partial charge in [-0.25, -0.2) is 0 Å². The van der Waals surface area contributed by atoms with Gasteiger partial charge in [0.05, 0.1) is 0 Å². The zero-order chi connectivity index (χ0) is 11.4. The SMILES string of the molecule is CNC(=O)c1ccc(NC2CCSC2)cc1.